The van der Waals surface area contributed by atoms with E-state index in [4.69, 9.17) is 4.42 Å². The predicted molar refractivity (Wildman–Crippen MR) is 72.5 cm³/mol. The van der Waals surface area contributed by atoms with E-state index in [-0.39, 0.29) is 11.9 Å². The van der Waals surface area contributed by atoms with Crippen molar-refractivity contribution in [3.8, 4) is 0 Å². The summed E-state index contributed by atoms with van der Waals surface area (Å²) in [4.78, 5) is 12.2. The zero-order valence-corrected chi connectivity index (χ0v) is 11.2. The zero-order chi connectivity index (χ0) is 13.1. The van der Waals surface area contributed by atoms with Crippen molar-refractivity contribution in [2.24, 2.45) is 5.92 Å². The summed E-state index contributed by atoms with van der Waals surface area (Å²) in [5.41, 5.74) is 0. The summed E-state index contributed by atoms with van der Waals surface area (Å²) in [6.45, 7) is 0.484. The van der Waals surface area contributed by atoms with Gasteiger partial charge in [-0.25, -0.2) is 0 Å². The molecule has 0 aromatic carbocycles. The molecule has 1 aromatic heterocycles. The lowest BCUT2D eigenvalue weighted by Gasteiger charge is -2.39. The molecule has 2 aliphatic rings. The number of hydrogen-bond acceptors (Lipinski definition) is 3. The van der Waals surface area contributed by atoms with Gasteiger partial charge in [0, 0.05) is 6.04 Å². The van der Waals surface area contributed by atoms with Gasteiger partial charge in [-0.2, -0.15) is 0 Å². The molecule has 0 bridgehead atoms. The number of fused-ring (bicyclic) bond motifs is 1. The summed E-state index contributed by atoms with van der Waals surface area (Å²) < 4.78 is 5.22. The lowest BCUT2D eigenvalue weighted by atomic mass is 9.77. The highest BCUT2D eigenvalue weighted by Gasteiger charge is 2.34. The molecule has 1 aromatic rings. The Hall–Kier alpha value is -1.29. The average molecular weight is 262 g/mol. The number of amides is 1. The first-order chi connectivity index (χ1) is 9.33. The molecule has 1 saturated heterocycles. The third kappa shape index (κ3) is 3.00. The fourth-order valence-corrected chi connectivity index (χ4v) is 3.41. The molecule has 3 rings (SSSR count). The van der Waals surface area contributed by atoms with Gasteiger partial charge in [0.25, 0.3) is 0 Å². The van der Waals surface area contributed by atoms with Crippen LogP contribution in [-0.2, 0) is 11.3 Å². The molecular formula is C15H22N2O2. The monoisotopic (exact) mass is 262 g/mol. The van der Waals surface area contributed by atoms with Gasteiger partial charge in [0.2, 0.25) is 5.91 Å². The molecule has 2 N–H and O–H groups in total. The Morgan fingerprint density at radius 3 is 3.05 bits per heavy atom. The number of nitrogens with one attached hydrogen (secondary N) is 2. The van der Waals surface area contributed by atoms with Crippen molar-refractivity contribution in [1.29, 1.82) is 0 Å². The van der Waals surface area contributed by atoms with Crippen LogP contribution in [0.4, 0.5) is 0 Å². The molecule has 2 fully saturated rings. The van der Waals surface area contributed by atoms with Crippen LogP contribution in [0.15, 0.2) is 22.8 Å². The Bertz CT molecular complexity index is 416. The first kappa shape index (κ1) is 12.7. The number of furan rings is 1. The Balaban J connectivity index is 1.50. The minimum absolute atomic E-state index is 0.0192. The number of hydrogen-bond donors (Lipinski definition) is 2. The van der Waals surface area contributed by atoms with Crippen LogP contribution in [0.25, 0.3) is 0 Å². The first-order valence-corrected chi connectivity index (χ1v) is 7.39. The zero-order valence-electron chi connectivity index (χ0n) is 11.2. The number of carbonyl (C=O) groups is 1. The van der Waals surface area contributed by atoms with Crippen molar-refractivity contribution in [2.75, 3.05) is 0 Å². The molecule has 2 heterocycles. The fraction of sp³-hybridized carbons (Fsp3) is 0.667. The standard InChI is InChI=1S/C15H22N2O2/c18-15(16-10-12-5-3-9-19-12)14-8-7-11-4-1-2-6-13(11)17-14/h3,5,9,11,13-14,17H,1-2,4,6-8,10H2,(H,16,18). The first-order valence-electron chi connectivity index (χ1n) is 7.39. The SMILES string of the molecule is O=C(NCc1ccco1)C1CCC2CCCCC2N1. The summed E-state index contributed by atoms with van der Waals surface area (Å²) in [5.74, 6) is 1.71. The maximum atomic E-state index is 12.2. The maximum absolute atomic E-state index is 12.2. The molecule has 1 aliphatic heterocycles. The minimum atomic E-state index is -0.0192. The fourth-order valence-electron chi connectivity index (χ4n) is 3.41. The molecule has 3 unspecified atom stereocenters. The summed E-state index contributed by atoms with van der Waals surface area (Å²) in [6.07, 6.45) is 9.01. The molecule has 1 saturated carbocycles. The largest absolute Gasteiger partial charge is 0.467 e. The smallest absolute Gasteiger partial charge is 0.237 e. The van der Waals surface area contributed by atoms with Crippen molar-refractivity contribution in [3.63, 3.8) is 0 Å². The Labute approximate surface area is 113 Å². The van der Waals surface area contributed by atoms with Gasteiger partial charge >= 0.3 is 0 Å². The predicted octanol–water partition coefficient (Wildman–Crippen LogP) is 2.21. The minimum Gasteiger partial charge on any atom is -0.467 e. The van der Waals surface area contributed by atoms with Crippen molar-refractivity contribution >= 4 is 5.91 Å². The number of carbonyl (C=O) groups excluding carboxylic acids is 1. The van der Waals surface area contributed by atoms with Crippen molar-refractivity contribution in [1.82, 2.24) is 10.6 Å². The van der Waals surface area contributed by atoms with Gasteiger partial charge in [0.05, 0.1) is 18.8 Å². The van der Waals surface area contributed by atoms with Crippen molar-refractivity contribution in [3.05, 3.63) is 24.2 Å². The second-order valence-electron chi connectivity index (χ2n) is 5.74. The summed E-state index contributed by atoms with van der Waals surface area (Å²) in [6, 6.07) is 4.26. The highest BCUT2D eigenvalue weighted by atomic mass is 16.3. The third-order valence-electron chi connectivity index (χ3n) is 4.48. The Morgan fingerprint density at radius 1 is 1.32 bits per heavy atom. The van der Waals surface area contributed by atoms with Crippen molar-refractivity contribution < 1.29 is 9.21 Å². The van der Waals surface area contributed by atoms with E-state index in [1.165, 1.54) is 32.1 Å². The number of rotatable bonds is 3. The van der Waals surface area contributed by atoms with Crippen LogP contribution in [0.5, 0.6) is 0 Å². The molecule has 1 amide bonds. The van der Waals surface area contributed by atoms with Gasteiger partial charge in [0.1, 0.15) is 5.76 Å². The number of piperidine rings is 1. The van der Waals surface area contributed by atoms with Gasteiger partial charge in [-0.1, -0.05) is 12.8 Å². The van der Waals surface area contributed by atoms with Gasteiger partial charge < -0.3 is 15.1 Å². The van der Waals surface area contributed by atoms with E-state index in [1.54, 1.807) is 6.26 Å². The highest BCUT2D eigenvalue weighted by Crippen LogP contribution is 2.32. The van der Waals surface area contributed by atoms with Gasteiger partial charge in [0.15, 0.2) is 0 Å². The molecule has 4 heteroatoms. The Kier molecular flexibility index (Phi) is 3.87. The van der Waals surface area contributed by atoms with Crippen LogP contribution in [0.3, 0.4) is 0 Å². The van der Waals surface area contributed by atoms with Crippen LogP contribution in [0.2, 0.25) is 0 Å². The topological polar surface area (TPSA) is 54.3 Å². The van der Waals surface area contributed by atoms with Gasteiger partial charge in [-0.15, -0.1) is 0 Å². The van der Waals surface area contributed by atoms with E-state index in [2.05, 4.69) is 10.6 Å². The second kappa shape index (κ2) is 5.78. The van der Waals surface area contributed by atoms with E-state index in [0.717, 1.165) is 18.1 Å². The van der Waals surface area contributed by atoms with Gasteiger partial charge in [-0.05, 0) is 43.7 Å². The quantitative estimate of drug-likeness (QED) is 0.878. The maximum Gasteiger partial charge on any atom is 0.237 e. The van der Waals surface area contributed by atoms with E-state index in [1.807, 2.05) is 12.1 Å². The van der Waals surface area contributed by atoms with Crippen LogP contribution in [0.1, 0.15) is 44.3 Å². The van der Waals surface area contributed by atoms with Crippen LogP contribution < -0.4 is 10.6 Å². The van der Waals surface area contributed by atoms with E-state index < -0.39 is 0 Å². The molecule has 1 aliphatic carbocycles. The lowest BCUT2D eigenvalue weighted by molar-refractivity contribution is -0.124. The van der Waals surface area contributed by atoms with Gasteiger partial charge in [-0.3, -0.25) is 4.79 Å². The highest BCUT2D eigenvalue weighted by molar-refractivity contribution is 5.81. The molecule has 104 valence electrons. The Morgan fingerprint density at radius 2 is 2.21 bits per heavy atom. The molecule has 3 atom stereocenters. The van der Waals surface area contributed by atoms with E-state index in [0.29, 0.717) is 12.6 Å². The second-order valence-corrected chi connectivity index (χ2v) is 5.74. The molecule has 0 spiro atoms. The molecular weight excluding hydrogens is 240 g/mol. The van der Waals surface area contributed by atoms with Crippen LogP contribution >= 0.6 is 0 Å². The lowest BCUT2D eigenvalue weighted by Crippen LogP contribution is -2.54. The summed E-state index contributed by atoms with van der Waals surface area (Å²) >= 11 is 0. The third-order valence-corrected chi connectivity index (χ3v) is 4.48. The van der Waals surface area contributed by atoms with E-state index in [9.17, 15) is 4.79 Å². The van der Waals surface area contributed by atoms with E-state index >= 15 is 0 Å². The molecule has 19 heavy (non-hydrogen) atoms. The van der Waals surface area contributed by atoms with Crippen LogP contribution in [0, 0.1) is 5.92 Å². The average Bonchev–Trinajstić information content (AvgIpc) is 2.97. The molecule has 0 radical (unpaired) electrons. The van der Waals surface area contributed by atoms with Crippen molar-refractivity contribution in [2.45, 2.75) is 57.2 Å². The summed E-state index contributed by atoms with van der Waals surface area (Å²) in [7, 11) is 0. The normalized spacial score (nSPS) is 30.6. The van der Waals surface area contributed by atoms with Crippen LogP contribution in [-0.4, -0.2) is 18.0 Å². The molecule has 4 nitrogen and oxygen atoms in total. The summed E-state index contributed by atoms with van der Waals surface area (Å²) in [5, 5.41) is 6.50.